The molecule has 0 aliphatic carbocycles. The van der Waals surface area contributed by atoms with Gasteiger partial charge in [0, 0.05) is 30.0 Å². The van der Waals surface area contributed by atoms with E-state index in [1.807, 2.05) is 61.5 Å². The summed E-state index contributed by atoms with van der Waals surface area (Å²) in [6, 6.07) is 16.9. The number of para-hydroxylation sites is 1. The topological polar surface area (TPSA) is 122 Å². The van der Waals surface area contributed by atoms with E-state index in [-0.39, 0.29) is 12.3 Å². The second kappa shape index (κ2) is 10.3. The third-order valence-corrected chi connectivity index (χ3v) is 5.57. The average Bonchev–Trinajstić information content (AvgIpc) is 3.32. The van der Waals surface area contributed by atoms with Crippen LogP contribution in [0.15, 0.2) is 59.8 Å². The number of hydrogen-bond donors (Lipinski definition) is 3. The number of hydrogen-bond acceptors (Lipinski definition) is 7. The lowest BCUT2D eigenvalue weighted by molar-refractivity contribution is -0.131. The van der Waals surface area contributed by atoms with Gasteiger partial charge in [-0.15, -0.1) is 0 Å². The van der Waals surface area contributed by atoms with Crippen LogP contribution in [0, 0.1) is 6.92 Å². The van der Waals surface area contributed by atoms with E-state index in [4.69, 9.17) is 14.8 Å². The van der Waals surface area contributed by atoms with E-state index in [1.165, 1.54) is 6.92 Å². The third kappa shape index (κ3) is 5.49. The zero-order valence-corrected chi connectivity index (χ0v) is 18.9. The minimum atomic E-state index is -0.618. The number of oxime groups is 1. The highest BCUT2D eigenvalue weighted by Crippen LogP contribution is 2.24. The number of hydroxylamine groups is 1. The summed E-state index contributed by atoms with van der Waals surface area (Å²) < 4.78 is 6.02. The van der Waals surface area contributed by atoms with Crippen LogP contribution in [-0.2, 0) is 21.0 Å². The Balaban J connectivity index is 1.39. The fourth-order valence-corrected chi connectivity index (χ4v) is 3.98. The number of carbonyl (C=O) groups excluding carboxylic acids is 2. The monoisotopic (exact) mass is 462 g/mol. The molecule has 2 unspecified atom stereocenters. The van der Waals surface area contributed by atoms with Crippen LogP contribution < -0.4 is 15.5 Å². The van der Waals surface area contributed by atoms with Crippen LogP contribution in [0.4, 0.5) is 0 Å². The van der Waals surface area contributed by atoms with Crippen molar-refractivity contribution in [1.29, 1.82) is 0 Å². The van der Waals surface area contributed by atoms with Crippen LogP contribution in [-0.4, -0.2) is 39.9 Å². The molecule has 2 aromatic carbocycles. The van der Waals surface area contributed by atoms with Gasteiger partial charge in [-0.3, -0.25) is 19.8 Å². The van der Waals surface area contributed by atoms with Gasteiger partial charge in [-0.1, -0.05) is 23.4 Å². The molecule has 34 heavy (non-hydrogen) atoms. The highest BCUT2D eigenvalue weighted by Gasteiger charge is 2.32. The van der Waals surface area contributed by atoms with E-state index in [2.05, 4.69) is 15.5 Å². The minimum absolute atomic E-state index is 0.126. The van der Waals surface area contributed by atoms with Crippen molar-refractivity contribution in [2.45, 2.75) is 45.4 Å². The second-order valence-corrected chi connectivity index (χ2v) is 8.19. The van der Waals surface area contributed by atoms with Gasteiger partial charge in [0.1, 0.15) is 12.4 Å². The fraction of sp³-hybridized carbons (Fsp3) is 0.280. The Labute approximate surface area is 196 Å². The van der Waals surface area contributed by atoms with Gasteiger partial charge in [-0.05, 0) is 48.9 Å². The highest BCUT2D eigenvalue weighted by molar-refractivity contribution is 6.01. The molecule has 0 fully saturated rings. The molecule has 9 heteroatoms. The van der Waals surface area contributed by atoms with Crippen LogP contribution in [0.25, 0.3) is 10.9 Å². The number of aromatic nitrogens is 1. The van der Waals surface area contributed by atoms with Crippen LogP contribution in [0.1, 0.15) is 36.6 Å². The van der Waals surface area contributed by atoms with E-state index >= 15 is 0 Å². The SMILES string of the molecule is CC(=O)NC(CC(=O)NO)C1CC(c2ccc(OCc3cc(C)nc4ccccc34)cc2)=NO1. The number of benzene rings is 2. The molecule has 3 N–H and O–H groups in total. The Morgan fingerprint density at radius 3 is 2.71 bits per heavy atom. The number of amides is 2. The number of pyridine rings is 1. The number of rotatable bonds is 8. The van der Waals surface area contributed by atoms with E-state index in [9.17, 15) is 9.59 Å². The first-order valence-corrected chi connectivity index (χ1v) is 10.9. The minimum Gasteiger partial charge on any atom is -0.489 e. The molecule has 1 aromatic heterocycles. The van der Waals surface area contributed by atoms with Crippen molar-refractivity contribution in [1.82, 2.24) is 15.8 Å². The smallest absolute Gasteiger partial charge is 0.245 e. The summed E-state index contributed by atoms with van der Waals surface area (Å²) in [6.45, 7) is 3.74. The number of carbonyl (C=O) groups is 2. The molecule has 1 aliphatic rings. The zero-order valence-electron chi connectivity index (χ0n) is 18.9. The maximum atomic E-state index is 11.6. The van der Waals surface area contributed by atoms with Crippen molar-refractivity contribution < 1.29 is 24.4 Å². The van der Waals surface area contributed by atoms with E-state index in [0.29, 0.717) is 24.5 Å². The molecule has 2 atom stereocenters. The molecule has 4 rings (SSSR count). The van der Waals surface area contributed by atoms with Crippen LogP contribution in [0.3, 0.4) is 0 Å². The molecule has 2 amide bonds. The Morgan fingerprint density at radius 1 is 1.21 bits per heavy atom. The van der Waals surface area contributed by atoms with Crippen molar-refractivity contribution >= 4 is 28.4 Å². The molecule has 1 aliphatic heterocycles. The molecular formula is C25H26N4O5. The first-order valence-electron chi connectivity index (χ1n) is 10.9. The fourth-order valence-electron chi connectivity index (χ4n) is 3.98. The van der Waals surface area contributed by atoms with Crippen LogP contribution in [0.2, 0.25) is 0 Å². The predicted octanol–water partition coefficient (Wildman–Crippen LogP) is 3.02. The summed E-state index contributed by atoms with van der Waals surface area (Å²) >= 11 is 0. The molecule has 0 saturated carbocycles. The zero-order chi connectivity index (χ0) is 24.1. The lowest BCUT2D eigenvalue weighted by Gasteiger charge is -2.21. The van der Waals surface area contributed by atoms with Gasteiger partial charge >= 0.3 is 0 Å². The van der Waals surface area contributed by atoms with Crippen LogP contribution >= 0.6 is 0 Å². The highest BCUT2D eigenvalue weighted by atomic mass is 16.6. The maximum absolute atomic E-state index is 11.6. The Kier molecular flexibility index (Phi) is 7.03. The molecule has 0 saturated heterocycles. The number of nitrogens with zero attached hydrogens (tertiary/aromatic N) is 2. The van der Waals surface area contributed by atoms with Crippen molar-refractivity contribution in [2.75, 3.05) is 0 Å². The van der Waals surface area contributed by atoms with Crippen molar-refractivity contribution in [3.05, 3.63) is 71.4 Å². The molecular weight excluding hydrogens is 436 g/mol. The van der Waals surface area contributed by atoms with Crippen molar-refractivity contribution in [3.8, 4) is 5.75 Å². The van der Waals surface area contributed by atoms with Crippen LogP contribution in [0.5, 0.6) is 5.75 Å². The molecule has 0 radical (unpaired) electrons. The lowest BCUT2D eigenvalue weighted by atomic mass is 9.98. The molecule has 9 nitrogen and oxygen atoms in total. The number of nitrogens with one attached hydrogen (secondary N) is 2. The Bertz CT molecular complexity index is 1230. The van der Waals surface area contributed by atoms with Gasteiger partial charge < -0.3 is 14.9 Å². The number of ether oxygens (including phenoxy) is 1. The second-order valence-electron chi connectivity index (χ2n) is 8.19. The van der Waals surface area contributed by atoms with Gasteiger partial charge in [-0.25, -0.2) is 5.48 Å². The Morgan fingerprint density at radius 2 is 1.97 bits per heavy atom. The van der Waals surface area contributed by atoms with E-state index in [1.54, 1.807) is 5.48 Å². The molecule has 2 heterocycles. The predicted molar refractivity (Wildman–Crippen MR) is 125 cm³/mol. The summed E-state index contributed by atoms with van der Waals surface area (Å²) in [5.41, 5.74) is 6.09. The first kappa shape index (κ1) is 23.2. The summed E-state index contributed by atoms with van der Waals surface area (Å²) in [5, 5.41) is 16.7. The van der Waals surface area contributed by atoms with Gasteiger partial charge in [-0.2, -0.15) is 0 Å². The van der Waals surface area contributed by atoms with Crippen molar-refractivity contribution in [2.24, 2.45) is 5.16 Å². The Hall–Kier alpha value is -3.98. The summed E-state index contributed by atoms with van der Waals surface area (Å²) in [5.74, 6) is -0.199. The average molecular weight is 463 g/mol. The molecule has 0 bridgehead atoms. The van der Waals surface area contributed by atoms with E-state index in [0.717, 1.165) is 27.7 Å². The maximum Gasteiger partial charge on any atom is 0.245 e. The molecule has 0 spiro atoms. The molecule has 3 aromatic rings. The van der Waals surface area contributed by atoms with Gasteiger partial charge in [0.05, 0.1) is 23.7 Å². The van der Waals surface area contributed by atoms with Gasteiger partial charge in [0.2, 0.25) is 11.8 Å². The first-order chi connectivity index (χ1) is 16.4. The van der Waals surface area contributed by atoms with Gasteiger partial charge in [0.25, 0.3) is 0 Å². The molecule has 176 valence electrons. The summed E-state index contributed by atoms with van der Waals surface area (Å²) in [6.07, 6.45) is -0.235. The standard InChI is InChI=1S/C25H26N4O5/c1-15-11-18(20-5-3-4-6-21(20)26-15)14-33-19-9-7-17(8-10-19)22-12-24(34-29-22)23(27-16(2)30)13-25(31)28-32/h3-11,23-24,32H,12-14H2,1-2H3,(H,27,30)(H,28,31). The number of aryl methyl sites for hydroxylation is 1. The normalized spacial score (nSPS) is 15.9. The summed E-state index contributed by atoms with van der Waals surface area (Å²) in [4.78, 5) is 33.1. The number of fused-ring (bicyclic) bond motifs is 1. The van der Waals surface area contributed by atoms with Gasteiger partial charge in [0.15, 0.2) is 6.10 Å². The quantitative estimate of drug-likeness (QED) is 0.349. The third-order valence-electron chi connectivity index (χ3n) is 5.57. The lowest BCUT2D eigenvalue weighted by Crippen LogP contribution is -2.45. The largest absolute Gasteiger partial charge is 0.489 e. The summed E-state index contributed by atoms with van der Waals surface area (Å²) in [7, 11) is 0. The van der Waals surface area contributed by atoms with Crippen molar-refractivity contribution in [3.63, 3.8) is 0 Å². The van der Waals surface area contributed by atoms with E-state index < -0.39 is 18.1 Å².